The maximum atomic E-state index is 5.76. The molecule has 0 rings (SSSR count). The summed E-state index contributed by atoms with van der Waals surface area (Å²) in [6.07, 6.45) is 0. The third kappa shape index (κ3) is 9.67. The van der Waals surface area contributed by atoms with Crippen LogP contribution < -0.4 is 0 Å². The summed E-state index contributed by atoms with van der Waals surface area (Å²) >= 11 is -3.03. The average Bonchev–Trinajstić information content (AvgIpc) is 1.14. The Bertz CT molecular complexity index is 77.4. The Kier molecular flexibility index (Phi) is 4.00. The molecule has 0 aliphatic rings. The number of hydrogen-bond donors (Lipinski definition) is 0. The van der Waals surface area contributed by atoms with Crippen LogP contribution in [0, 0.1) is 5.41 Å². The van der Waals surface area contributed by atoms with E-state index in [0.717, 1.165) is 4.44 Å². The van der Waals surface area contributed by atoms with E-state index in [0.29, 0.717) is 0 Å². The summed E-state index contributed by atoms with van der Waals surface area (Å²) in [5.41, 5.74) is 0.182. The number of halogens is 3. The van der Waals surface area contributed by atoms with E-state index in [4.69, 9.17) is 26.8 Å². The predicted octanol–water partition coefficient (Wildman–Crippen LogP) is 3.69. The van der Waals surface area contributed by atoms with Gasteiger partial charge in [-0.1, -0.05) is 0 Å². The maximum absolute atomic E-state index is 5.76. The van der Waals surface area contributed by atoms with Gasteiger partial charge < -0.3 is 0 Å². The Morgan fingerprint density at radius 1 is 1.11 bits per heavy atom. The van der Waals surface area contributed by atoms with Crippen molar-refractivity contribution in [2.24, 2.45) is 5.41 Å². The van der Waals surface area contributed by atoms with Gasteiger partial charge in [-0.25, -0.2) is 0 Å². The normalized spacial score (nSPS) is 14.0. The molecule has 0 heterocycles. The fourth-order valence-corrected chi connectivity index (χ4v) is 12.1. The molecule has 0 unspecified atom stereocenters. The summed E-state index contributed by atoms with van der Waals surface area (Å²) in [6.45, 7) is 6.27. The van der Waals surface area contributed by atoms with E-state index < -0.39 is 15.0 Å². The third-order valence-corrected chi connectivity index (χ3v) is 7.59. The van der Waals surface area contributed by atoms with E-state index in [1.165, 1.54) is 0 Å². The fourth-order valence-electron chi connectivity index (χ4n) is 0.601. The van der Waals surface area contributed by atoms with Crippen LogP contribution in [0.15, 0.2) is 0 Å². The summed E-state index contributed by atoms with van der Waals surface area (Å²) in [7, 11) is 17.3. The molecule has 56 valence electrons. The first kappa shape index (κ1) is 10.7. The molecule has 4 heteroatoms. The minimum atomic E-state index is -3.03. The molecule has 0 aromatic carbocycles. The van der Waals surface area contributed by atoms with Gasteiger partial charge in [0.05, 0.1) is 0 Å². The number of hydrogen-bond acceptors (Lipinski definition) is 0. The first-order valence-corrected chi connectivity index (χ1v) is 15.6. The Labute approximate surface area is 71.9 Å². The van der Waals surface area contributed by atoms with E-state index in [-0.39, 0.29) is 5.41 Å². The predicted molar refractivity (Wildman–Crippen MR) is 47.6 cm³/mol. The molecule has 0 saturated heterocycles. The Hall–Kier alpha value is 1.67. The molecule has 0 atom stereocenters. The van der Waals surface area contributed by atoms with Gasteiger partial charge in [0.2, 0.25) is 0 Å². The van der Waals surface area contributed by atoms with Crippen molar-refractivity contribution in [2.45, 2.75) is 25.2 Å². The second kappa shape index (κ2) is 3.38. The van der Waals surface area contributed by atoms with Crippen LogP contribution in [-0.4, -0.2) is 15.0 Å². The monoisotopic (exact) mass is 296 g/mol. The van der Waals surface area contributed by atoms with Crippen molar-refractivity contribution in [1.29, 1.82) is 0 Å². The molecule has 0 radical (unpaired) electrons. The summed E-state index contributed by atoms with van der Waals surface area (Å²) < 4.78 is 0.798. The molecule has 0 fully saturated rings. The van der Waals surface area contributed by atoms with Gasteiger partial charge >= 0.3 is 72.4 Å². The van der Waals surface area contributed by atoms with E-state index >= 15 is 0 Å². The summed E-state index contributed by atoms with van der Waals surface area (Å²) in [5.74, 6) is 0. The quantitative estimate of drug-likeness (QED) is 0.647. The van der Waals surface area contributed by atoms with Crippen LogP contribution in [0.4, 0.5) is 0 Å². The van der Waals surface area contributed by atoms with Crippen molar-refractivity contribution < 1.29 is 0 Å². The molecule has 0 N–H and O–H groups in total. The summed E-state index contributed by atoms with van der Waals surface area (Å²) in [5, 5.41) is 0. The third-order valence-electron chi connectivity index (χ3n) is 0.731. The Morgan fingerprint density at radius 2 is 1.44 bits per heavy atom. The first-order valence-electron chi connectivity index (χ1n) is 2.77. The van der Waals surface area contributed by atoms with Crippen molar-refractivity contribution in [1.82, 2.24) is 0 Å². The van der Waals surface area contributed by atoms with Crippen LogP contribution in [0.1, 0.15) is 20.8 Å². The van der Waals surface area contributed by atoms with E-state index in [9.17, 15) is 0 Å². The topological polar surface area (TPSA) is 0 Å². The molecule has 0 aliphatic carbocycles. The zero-order valence-corrected chi connectivity index (χ0v) is 11.0. The molecule has 0 aliphatic heterocycles. The molecule has 0 spiro atoms. The van der Waals surface area contributed by atoms with Gasteiger partial charge in [0, 0.05) is 0 Å². The van der Waals surface area contributed by atoms with E-state index in [1.807, 2.05) is 0 Å². The molecule has 0 aromatic rings. The second-order valence-corrected chi connectivity index (χ2v) is 24.8. The molecule has 0 aromatic heterocycles. The van der Waals surface area contributed by atoms with Crippen molar-refractivity contribution in [3.8, 4) is 0 Å². The van der Waals surface area contributed by atoms with Gasteiger partial charge in [0.15, 0.2) is 0 Å². The van der Waals surface area contributed by atoms with Gasteiger partial charge in [-0.2, -0.15) is 0 Å². The van der Waals surface area contributed by atoms with Gasteiger partial charge in [-0.3, -0.25) is 0 Å². The van der Waals surface area contributed by atoms with Crippen molar-refractivity contribution in [3.63, 3.8) is 0 Å². The first-order chi connectivity index (χ1) is 3.71. The molecule has 0 saturated carbocycles. The molecule has 0 nitrogen and oxygen atoms in total. The van der Waals surface area contributed by atoms with Crippen molar-refractivity contribution in [2.75, 3.05) is 0 Å². The van der Waals surface area contributed by atoms with Crippen molar-refractivity contribution in [3.05, 3.63) is 0 Å². The second-order valence-electron chi connectivity index (χ2n) is 3.35. The van der Waals surface area contributed by atoms with E-state index in [1.54, 1.807) is 0 Å². The standard InChI is InChI=1S/C5H11.3ClH.Sn/c1-5(2,3)4;;;;/h1H2,2-4H3;3*1H;/q;;;;+3/p-3. The van der Waals surface area contributed by atoms with Crippen LogP contribution >= 0.6 is 26.8 Å². The summed E-state index contributed by atoms with van der Waals surface area (Å²) in [6, 6.07) is 0. The molecular weight excluding hydrogens is 285 g/mol. The number of rotatable bonds is 1. The molecular formula is C5H11Cl3Sn. The summed E-state index contributed by atoms with van der Waals surface area (Å²) in [4.78, 5) is 0. The van der Waals surface area contributed by atoms with Gasteiger partial charge in [-0.05, 0) is 0 Å². The van der Waals surface area contributed by atoms with Gasteiger partial charge in [-0.15, -0.1) is 0 Å². The van der Waals surface area contributed by atoms with Crippen LogP contribution in [-0.2, 0) is 0 Å². The van der Waals surface area contributed by atoms with Gasteiger partial charge in [0.25, 0.3) is 0 Å². The Morgan fingerprint density at radius 3 is 1.44 bits per heavy atom. The van der Waals surface area contributed by atoms with Crippen LogP contribution in [0.3, 0.4) is 0 Å². The van der Waals surface area contributed by atoms with E-state index in [2.05, 4.69) is 20.8 Å². The minimum absolute atomic E-state index is 0.182. The molecule has 9 heavy (non-hydrogen) atoms. The van der Waals surface area contributed by atoms with Crippen LogP contribution in [0.5, 0.6) is 0 Å². The molecule has 0 bridgehead atoms. The van der Waals surface area contributed by atoms with Crippen LogP contribution in [0.25, 0.3) is 0 Å². The average molecular weight is 296 g/mol. The van der Waals surface area contributed by atoms with Crippen molar-refractivity contribution >= 4 is 41.8 Å². The fraction of sp³-hybridized carbons (Fsp3) is 1.00. The molecule has 0 amide bonds. The Balaban J connectivity index is 3.75. The van der Waals surface area contributed by atoms with Crippen LogP contribution in [0.2, 0.25) is 4.44 Å². The zero-order valence-electron chi connectivity index (χ0n) is 5.84. The SMILES string of the molecule is CC(C)(C)[CH2][Sn]([Cl])([Cl])[Cl]. The van der Waals surface area contributed by atoms with Gasteiger partial charge in [0.1, 0.15) is 0 Å². The zero-order chi connectivity index (χ0) is 7.71.